The first-order chi connectivity index (χ1) is 9.61. The minimum atomic E-state index is -0.314. The zero-order valence-electron chi connectivity index (χ0n) is 10.9. The molecule has 0 aliphatic rings. The molecular formula is C13H13ClN4OS. The SMILES string of the molecule is C#CCn1ncc(Cl)c(NCCc2nc(C)cs2)c1=O. The smallest absolute Gasteiger partial charge is 0.292 e. The summed E-state index contributed by atoms with van der Waals surface area (Å²) >= 11 is 7.58. The van der Waals surface area contributed by atoms with Crippen LogP contribution >= 0.6 is 22.9 Å². The van der Waals surface area contributed by atoms with Crippen molar-refractivity contribution in [1.29, 1.82) is 0 Å². The molecule has 0 saturated carbocycles. The molecule has 2 aromatic heterocycles. The van der Waals surface area contributed by atoms with Crippen molar-refractivity contribution in [1.82, 2.24) is 14.8 Å². The third-order valence-electron chi connectivity index (χ3n) is 2.55. The molecule has 2 aromatic rings. The first-order valence-corrected chi connectivity index (χ1v) is 7.21. The molecule has 7 heteroatoms. The minimum Gasteiger partial charge on any atom is -0.379 e. The van der Waals surface area contributed by atoms with E-state index in [0.29, 0.717) is 17.3 Å². The van der Waals surface area contributed by atoms with Gasteiger partial charge in [0.1, 0.15) is 12.2 Å². The first-order valence-electron chi connectivity index (χ1n) is 5.95. The minimum absolute atomic E-state index is 0.121. The first kappa shape index (κ1) is 14.6. The van der Waals surface area contributed by atoms with Crippen LogP contribution in [0.3, 0.4) is 0 Å². The summed E-state index contributed by atoms with van der Waals surface area (Å²) in [5.74, 6) is 2.38. The highest BCUT2D eigenvalue weighted by Gasteiger charge is 2.09. The fourth-order valence-electron chi connectivity index (χ4n) is 1.64. The van der Waals surface area contributed by atoms with Crippen LogP contribution in [-0.2, 0) is 13.0 Å². The van der Waals surface area contributed by atoms with Gasteiger partial charge in [0.25, 0.3) is 5.56 Å². The Morgan fingerprint density at radius 1 is 1.60 bits per heavy atom. The predicted octanol–water partition coefficient (Wildman–Crippen LogP) is 1.95. The number of aryl methyl sites for hydroxylation is 1. The molecule has 0 saturated heterocycles. The molecule has 0 radical (unpaired) electrons. The maximum atomic E-state index is 12.1. The van der Waals surface area contributed by atoms with Gasteiger partial charge in [0.05, 0.1) is 16.2 Å². The Labute approximate surface area is 125 Å². The average Bonchev–Trinajstić information content (AvgIpc) is 2.83. The van der Waals surface area contributed by atoms with Crippen molar-refractivity contribution in [3.8, 4) is 12.3 Å². The molecule has 0 aromatic carbocycles. The van der Waals surface area contributed by atoms with Crippen LogP contribution in [0, 0.1) is 19.3 Å². The number of nitrogens with one attached hydrogen (secondary N) is 1. The number of terminal acetylenes is 1. The largest absolute Gasteiger partial charge is 0.379 e. The van der Waals surface area contributed by atoms with E-state index in [2.05, 4.69) is 21.3 Å². The number of halogens is 1. The van der Waals surface area contributed by atoms with Gasteiger partial charge in [-0.3, -0.25) is 4.79 Å². The molecule has 0 fully saturated rings. The van der Waals surface area contributed by atoms with E-state index in [0.717, 1.165) is 17.1 Å². The van der Waals surface area contributed by atoms with Crippen LogP contribution in [0.5, 0.6) is 0 Å². The van der Waals surface area contributed by atoms with Crippen molar-refractivity contribution in [3.05, 3.63) is 37.7 Å². The Bertz CT molecular complexity index is 701. The molecule has 2 heterocycles. The zero-order valence-corrected chi connectivity index (χ0v) is 12.5. The number of hydrogen-bond acceptors (Lipinski definition) is 5. The van der Waals surface area contributed by atoms with E-state index in [4.69, 9.17) is 18.0 Å². The summed E-state index contributed by atoms with van der Waals surface area (Å²) in [5.41, 5.74) is 1.01. The molecular weight excluding hydrogens is 296 g/mol. The number of thiazole rings is 1. The Hall–Kier alpha value is -1.84. The Morgan fingerprint density at radius 3 is 3.05 bits per heavy atom. The summed E-state index contributed by atoms with van der Waals surface area (Å²) in [4.78, 5) is 16.4. The van der Waals surface area contributed by atoms with Crippen molar-refractivity contribution < 1.29 is 0 Å². The zero-order chi connectivity index (χ0) is 14.5. The quantitative estimate of drug-likeness (QED) is 0.858. The van der Waals surface area contributed by atoms with E-state index in [-0.39, 0.29) is 12.1 Å². The molecule has 0 unspecified atom stereocenters. The molecule has 1 N–H and O–H groups in total. The summed E-state index contributed by atoms with van der Waals surface area (Å²) < 4.78 is 1.20. The highest BCUT2D eigenvalue weighted by molar-refractivity contribution is 7.09. The third kappa shape index (κ3) is 3.38. The lowest BCUT2D eigenvalue weighted by molar-refractivity contribution is 0.664. The lowest BCUT2D eigenvalue weighted by atomic mass is 10.4. The van der Waals surface area contributed by atoms with Gasteiger partial charge in [-0.05, 0) is 6.92 Å². The Balaban J connectivity index is 2.07. The third-order valence-corrected chi connectivity index (χ3v) is 3.86. The van der Waals surface area contributed by atoms with Gasteiger partial charge in [-0.25, -0.2) is 9.67 Å². The fraction of sp³-hybridized carbons (Fsp3) is 0.308. The highest BCUT2D eigenvalue weighted by Crippen LogP contribution is 2.15. The topological polar surface area (TPSA) is 59.8 Å². The fourth-order valence-corrected chi connectivity index (χ4v) is 2.61. The predicted molar refractivity (Wildman–Crippen MR) is 81.4 cm³/mol. The van der Waals surface area contributed by atoms with E-state index in [1.165, 1.54) is 10.9 Å². The molecule has 20 heavy (non-hydrogen) atoms. The van der Waals surface area contributed by atoms with Crippen LogP contribution in [0.1, 0.15) is 10.7 Å². The Kier molecular flexibility index (Phi) is 4.77. The number of rotatable bonds is 5. The number of aromatic nitrogens is 3. The van der Waals surface area contributed by atoms with Crippen molar-refractivity contribution in [2.24, 2.45) is 0 Å². The van der Waals surface area contributed by atoms with Gasteiger partial charge in [-0.1, -0.05) is 17.5 Å². The van der Waals surface area contributed by atoms with E-state index in [1.807, 2.05) is 12.3 Å². The second kappa shape index (κ2) is 6.55. The maximum absolute atomic E-state index is 12.1. The lowest BCUT2D eigenvalue weighted by Crippen LogP contribution is -2.26. The lowest BCUT2D eigenvalue weighted by Gasteiger charge is -2.08. The van der Waals surface area contributed by atoms with E-state index in [9.17, 15) is 4.79 Å². The van der Waals surface area contributed by atoms with Crippen LogP contribution in [0.15, 0.2) is 16.4 Å². The van der Waals surface area contributed by atoms with Gasteiger partial charge in [0, 0.05) is 24.0 Å². The molecule has 104 valence electrons. The summed E-state index contributed by atoms with van der Waals surface area (Å²) in [6.07, 6.45) is 7.33. The standard InChI is InChI=1S/C13H13ClN4OS/c1-3-6-18-13(19)12(10(14)7-16-18)15-5-4-11-17-9(2)8-20-11/h1,7-8,15H,4-6H2,2H3. The van der Waals surface area contributed by atoms with Crippen LogP contribution in [0.2, 0.25) is 5.02 Å². The monoisotopic (exact) mass is 308 g/mol. The number of nitrogens with zero attached hydrogens (tertiary/aromatic N) is 3. The molecule has 0 spiro atoms. The van der Waals surface area contributed by atoms with Crippen molar-refractivity contribution in [3.63, 3.8) is 0 Å². The molecule has 0 amide bonds. The van der Waals surface area contributed by atoms with E-state index in [1.54, 1.807) is 11.3 Å². The number of hydrogen-bond donors (Lipinski definition) is 1. The second-order valence-corrected chi connectivity index (χ2v) is 5.44. The van der Waals surface area contributed by atoms with Gasteiger partial charge in [-0.15, -0.1) is 17.8 Å². The van der Waals surface area contributed by atoms with Crippen LogP contribution in [0.4, 0.5) is 5.69 Å². The van der Waals surface area contributed by atoms with Gasteiger partial charge < -0.3 is 5.32 Å². The summed E-state index contributed by atoms with van der Waals surface area (Å²) in [6, 6.07) is 0. The van der Waals surface area contributed by atoms with Crippen molar-refractivity contribution in [2.75, 3.05) is 11.9 Å². The van der Waals surface area contributed by atoms with E-state index >= 15 is 0 Å². The molecule has 2 rings (SSSR count). The molecule has 0 aliphatic carbocycles. The van der Waals surface area contributed by atoms with Crippen LogP contribution < -0.4 is 10.9 Å². The highest BCUT2D eigenvalue weighted by atomic mass is 35.5. The second-order valence-electron chi connectivity index (χ2n) is 4.09. The van der Waals surface area contributed by atoms with E-state index < -0.39 is 0 Å². The van der Waals surface area contributed by atoms with Crippen molar-refractivity contribution in [2.45, 2.75) is 19.9 Å². The van der Waals surface area contributed by atoms with Gasteiger partial charge in [-0.2, -0.15) is 5.10 Å². The summed E-state index contributed by atoms with van der Waals surface area (Å²) in [5, 5.41) is 10.2. The molecule has 5 nitrogen and oxygen atoms in total. The van der Waals surface area contributed by atoms with Gasteiger partial charge >= 0.3 is 0 Å². The van der Waals surface area contributed by atoms with Crippen molar-refractivity contribution >= 4 is 28.6 Å². The average molecular weight is 309 g/mol. The summed E-state index contributed by atoms with van der Waals surface area (Å²) in [7, 11) is 0. The van der Waals surface area contributed by atoms with Crippen LogP contribution in [-0.4, -0.2) is 21.3 Å². The normalized spacial score (nSPS) is 10.2. The van der Waals surface area contributed by atoms with Crippen LogP contribution in [0.25, 0.3) is 0 Å². The van der Waals surface area contributed by atoms with Gasteiger partial charge in [0.2, 0.25) is 0 Å². The Morgan fingerprint density at radius 2 is 2.40 bits per heavy atom. The maximum Gasteiger partial charge on any atom is 0.292 e. The van der Waals surface area contributed by atoms with Gasteiger partial charge in [0.15, 0.2) is 0 Å². The molecule has 0 atom stereocenters. The molecule has 0 bridgehead atoms. The number of anilines is 1. The molecule has 0 aliphatic heterocycles. The summed E-state index contributed by atoms with van der Waals surface area (Å²) in [6.45, 7) is 2.64.